The lowest BCUT2D eigenvalue weighted by atomic mass is 10.1. The predicted molar refractivity (Wildman–Crippen MR) is 109 cm³/mol. The zero-order valence-electron chi connectivity index (χ0n) is 14.5. The topological polar surface area (TPSA) is 48.0 Å². The smallest absolute Gasteiger partial charge is 0.292 e. The van der Waals surface area contributed by atoms with Crippen molar-refractivity contribution in [1.29, 1.82) is 0 Å². The molecule has 5 nitrogen and oxygen atoms in total. The van der Waals surface area contributed by atoms with Crippen molar-refractivity contribution in [2.24, 2.45) is 0 Å². The van der Waals surface area contributed by atoms with Crippen LogP contribution in [0, 0.1) is 0 Å². The Morgan fingerprint density at radius 1 is 1.00 bits per heavy atom. The fraction of sp³-hybridized carbons (Fsp3) is 0.316. The van der Waals surface area contributed by atoms with E-state index in [9.17, 15) is 4.79 Å². The Labute approximate surface area is 182 Å². The second kappa shape index (κ2) is 7.90. The van der Waals surface area contributed by atoms with E-state index in [2.05, 4.69) is 0 Å². The highest BCUT2D eigenvalue weighted by Crippen LogP contribution is 2.51. The highest BCUT2D eigenvalue weighted by Gasteiger charge is 2.56. The molecule has 4 rings (SSSR count). The highest BCUT2D eigenvalue weighted by atomic mass is 35.5. The minimum Gasteiger partial charge on any atom is -0.490 e. The van der Waals surface area contributed by atoms with Crippen molar-refractivity contribution in [2.45, 2.75) is 12.2 Å². The normalized spacial score (nSPS) is 17.9. The minimum atomic E-state index is -1.56. The quantitative estimate of drug-likeness (QED) is 0.617. The highest BCUT2D eigenvalue weighted by molar-refractivity contribution is 6.38. The standard InChI is InChI=1S/C19H15Cl4NO4/c20-11-2-5-15(14(23)10-11)26-9-6-24-17-13(22)4-3-12(21)16(17)19(18(24)25)27-7-1-8-28-19/h2-5,10H,1,6-9H2. The van der Waals surface area contributed by atoms with Crippen molar-refractivity contribution in [3.05, 3.63) is 56.0 Å². The first-order valence-electron chi connectivity index (χ1n) is 8.60. The average molecular weight is 463 g/mol. The molecule has 0 radical (unpaired) electrons. The number of rotatable bonds is 4. The molecule has 148 valence electrons. The van der Waals surface area contributed by atoms with Crippen molar-refractivity contribution in [1.82, 2.24) is 0 Å². The first-order chi connectivity index (χ1) is 13.4. The summed E-state index contributed by atoms with van der Waals surface area (Å²) in [5, 5.41) is 1.64. The van der Waals surface area contributed by atoms with Crippen LogP contribution in [0.25, 0.3) is 0 Å². The number of fused-ring (bicyclic) bond motifs is 2. The number of hydrogen-bond donors (Lipinski definition) is 0. The van der Waals surface area contributed by atoms with Crippen LogP contribution in [0.4, 0.5) is 5.69 Å². The third-order valence-electron chi connectivity index (χ3n) is 4.57. The van der Waals surface area contributed by atoms with Gasteiger partial charge in [-0.2, -0.15) is 0 Å². The van der Waals surface area contributed by atoms with Gasteiger partial charge in [0, 0.05) is 5.02 Å². The van der Waals surface area contributed by atoms with Gasteiger partial charge in [0.05, 0.1) is 46.1 Å². The first kappa shape index (κ1) is 20.1. The number of carbonyl (C=O) groups excluding carboxylic acids is 1. The van der Waals surface area contributed by atoms with Crippen LogP contribution in [0.1, 0.15) is 12.0 Å². The summed E-state index contributed by atoms with van der Waals surface area (Å²) in [4.78, 5) is 14.7. The largest absolute Gasteiger partial charge is 0.490 e. The van der Waals surface area contributed by atoms with E-state index >= 15 is 0 Å². The van der Waals surface area contributed by atoms with Crippen molar-refractivity contribution in [2.75, 3.05) is 31.3 Å². The van der Waals surface area contributed by atoms with Crippen LogP contribution in [0.5, 0.6) is 5.75 Å². The van der Waals surface area contributed by atoms with Gasteiger partial charge in [0.2, 0.25) is 0 Å². The summed E-state index contributed by atoms with van der Waals surface area (Å²) in [6.45, 7) is 1.16. The van der Waals surface area contributed by atoms with Gasteiger partial charge in [-0.05, 0) is 36.8 Å². The Morgan fingerprint density at radius 2 is 1.71 bits per heavy atom. The summed E-state index contributed by atoms with van der Waals surface area (Å²) < 4.78 is 17.3. The molecule has 2 aliphatic rings. The van der Waals surface area contributed by atoms with E-state index in [1.807, 2.05) is 0 Å². The van der Waals surface area contributed by atoms with Crippen LogP contribution >= 0.6 is 46.4 Å². The summed E-state index contributed by atoms with van der Waals surface area (Å²) in [6.07, 6.45) is 0.695. The summed E-state index contributed by atoms with van der Waals surface area (Å²) in [5.41, 5.74) is 0.919. The second-order valence-corrected chi connectivity index (χ2v) is 7.96. The fourth-order valence-electron chi connectivity index (χ4n) is 3.36. The molecule has 2 aromatic carbocycles. The number of carbonyl (C=O) groups is 1. The lowest BCUT2D eigenvalue weighted by Gasteiger charge is -2.32. The van der Waals surface area contributed by atoms with Gasteiger partial charge in [-0.25, -0.2) is 0 Å². The van der Waals surface area contributed by atoms with Crippen molar-refractivity contribution in [3.63, 3.8) is 0 Å². The monoisotopic (exact) mass is 461 g/mol. The maximum atomic E-state index is 13.3. The van der Waals surface area contributed by atoms with Gasteiger partial charge < -0.3 is 19.1 Å². The molecule has 1 amide bonds. The lowest BCUT2D eigenvalue weighted by Crippen LogP contribution is -2.48. The molecular weight excluding hydrogens is 448 g/mol. The molecule has 0 bridgehead atoms. The van der Waals surface area contributed by atoms with Crippen molar-refractivity contribution in [3.8, 4) is 5.75 Å². The number of benzene rings is 2. The molecule has 28 heavy (non-hydrogen) atoms. The summed E-state index contributed by atoms with van der Waals surface area (Å²) in [5.74, 6) is -1.47. The first-order valence-corrected chi connectivity index (χ1v) is 10.1. The molecule has 2 aromatic rings. The number of amides is 1. The van der Waals surface area contributed by atoms with Gasteiger partial charge >= 0.3 is 0 Å². The molecule has 0 N–H and O–H groups in total. The molecular formula is C19H15Cl4NO4. The van der Waals surface area contributed by atoms with E-state index in [-0.39, 0.29) is 19.1 Å². The summed E-state index contributed by atoms with van der Waals surface area (Å²) in [7, 11) is 0. The van der Waals surface area contributed by atoms with Crippen LogP contribution in [0.2, 0.25) is 20.1 Å². The molecule has 2 heterocycles. The van der Waals surface area contributed by atoms with Gasteiger partial charge in [-0.1, -0.05) is 46.4 Å². The van der Waals surface area contributed by atoms with Crippen molar-refractivity contribution < 1.29 is 19.0 Å². The second-order valence-electron chi connectivity index (χ2n) is 6.30. The van der Waals surface area contributed by atoms with Crippen LogP contribution in [-0.2, 0) is 20.1 Å². The van der Waals surface area contributed by atoms with Gasteiger partial charge in [-0.3, -0.25) is 4.79 Å². The van der Waals surface area contributed by atoms with Crippen LogP contribution in [0.15, 0.2) is 30.3 Å². The lowest BCUT2D eigenvalue weighted by molar-refractivity contribution is -0.256. The third kappa shape index (κ3) is 3.34. The van der Waals surface area contributed by atoms with E-state index < -0.39 is 5.79 Å². The summed E-state index contributed by atoms with van der Waals surface area (Å²) in [6, 6.07) is 8.20. The zero-order chi connectivity index (χ0) is 19.9. The van der Waals surface area contributed by atoms with E-state index in [1.165, 1.54) is 4.90 Å². The molecule has 0 aromatic heterocycles. The molecule has 0 saturated carbocycles. The predicted octanol–water partition coefficient (Wildman–Crippen LogP) is 5.32. The molecule has 0 atom stereocenters. The number of nitrogens with zero attached hydrogens (tertiary/aromatic N) is 1. The Balaban J connectivity index is 1.61. The fourth-order valence-corrected chi connectivity index (χ4v) is 4.36. The Bertz CT molecular complexity index is 930. The number of ether oxygens (including phenoxy) is 3. The minimum absolute atomic E-state index is 0.172. The SMILES string of the molecule is O=C1N(CCOc2ccc(Cl)cc2Cl)c2c(Cl)ccc(Cl)c2C12OCCCO2. The van der Waals surface area contributed by atoms with Crippen LogP contribution < -0.4 is 9.64 Å². The molecule has 0 unspecified atom stereocenters. The molecule has 0 aliphatic carbocycles. The van der Waals surface area contributed by atoms with Crippen molar-refractivity contribution >= 4 is 58.0 Å². The van der Waals surface area contributed by atoms with E-state index in [0.717, 1.165) is 0 Å². The summed E-state index contributed by atoms with van der Waals surface area (Å²) >= 11 is 24.8. The van der Waals surface area contributed by atoms with Gasteiger partial charge in [0.1, 0.15) is 12.4 Å². The number of anilines is 1. The molecule has 1 saturated heterocycles. The Kier molecular flexibility index (Phi) is 5.67. The van der Waals surface area contributed by atoms with E-state index in [0.29, 0.717) is 56.7 Å². The third-order valence-corrected chi connectivity index (χ3v) is 5.72. The van der Waals surface area contributed by atoms with Gasteiger partial charge in [0.25, 0.3) is 11.7 Å². The van der Waals surface area contributed by atoms with Gasteiger partial charge in [0.15, 0.2) is 0 Å². The number of hydrogen-bond acceptors (Lipinski definition) is 4. The molecule has 1 fully saturated rings. The van der Waals surface area contributed by atoms with E-state index in [4.69, 9.17) is 60.6 Å². The molecule has 2 aliphatic heterocycles. The maximum absolute atomic E-state index is 13.3. The van der Waals surface area contributed by atoms with Gasteiger partial charge in [-0.15, -0.1) is 0 Å². The number of halogens is 4. The van der Waals surface area contributed by atoms with Crippen LogP contribution in [0.3, 0.4) is 0 Å². The Hall–Kier alpha value is -1.21. The zero-order valence-corrected chi connectivity index (χ0v) is 17.5. The van der Waals surface area contributed by atoms with Crippen LogP contribution in [-0.4, -0.2) is 32.3 Å². The average Bonchev–Trinajstić information content (AvgIpc) is 2.91. The maximum Gasteiger partial charge on any atom is 0.292 e. The van der Waals surface area contributed by atoms with E-state index in [1.54, 1.807) is 30.3 Å². The molecule has 1 spiro atoms. The Morgan fingerprint density at radius 3 is 2.43 bits per heavy atom. The molecule has 9 heteroatoms.